The van der Waals surface area contributed by atoms with Crippen molar-refractivity contribution in [1.82, 2.24) is 4.31 Å². The monoisotopic (exact) mass is 377 g/mol. The van der Waals surface area contributed by atoms with Gasteiger partial charge in [-0.3, -0.25) is 0 Å². The SMILES string of the molecule is COc1cc(C)c(S(=O)(=O)N(C)C(c2ccccc2)C(C)C)cc1OC. The average Bonchev–Trinajstić information content (AvgIpc) is 2.61. The number of hydrogen-bond donors (Lipinski definition) is 0. The van der Waals surface area contributed by atoms with Gasteiger partial charge in [0, 0.05) is 13.1 Å². The molecule has 26 heavy (non-hydrogen) atoms. The van der Waals surface area contributed by atoms with Crippen LogP contribution >= 0.6 is 0 Å². The van der Waals surface area contributed by atoms with Gasteiger partial charge in [-0.2, -0.15) is 4.31 Å². The second-order valence-corrected chi connectivity index (χ2v) is 8.56. The second kappa shape index (κ2) is 8.10. The number of rotatable bonds is 7. The largest absolute Gasteiger partial charge is 0.493 e. The van der Waals surface area contributed by atoms with Crippen molar-refractivity contribution in [2.75, 3.05) is 21.3 Å². The molecule has 0 bridgehead atoms. The summed E-state index contributed by atoms with van der Waals surface area (Å²) in [6.45, 7) is 5.80. The smallest absolute Gasteiger partial charge is 0.243 e. The van der Waals surface area contributed by atoms with E-state index in [2.05, 4.69) is 0 Å². The topological polar surface area (TPSA) is 55.8 Å². The molecule has 2 aromatic rings. The molecule has 0 aromatic heterocycles. The van der Waals surface area contributed by atoms with Crippen molar-refractivity contribution in [2.45, 2.75) is 31.7 Å². The number of methoxy groups -OCH3 is 2. The molecule has 2 rings (SSSR count). The highest BCUT2D eigenvalue weighted by atomic mass is 32.2. The molecule has 0 aliphatic heterocycles. The first-order valence-electron chi connectivity index (χ1n) is 8.49. The van der Waals surface area contributed by atoms with Gasteiger partial charge in [0.1, 0.15) is 0 Å². The van der Waals surface area contributed by atoms with Crippen LogP contribution in [0, 0.1) is 12.8 Å². The number of sulfonamides is 1. The molecule has 5 nitrogen and oxygen atoms in total. The van der Waals surface area contributed by atoms with Crippen molar-refractivity contribution < 1.29 is 17.9 Å². The molecule has 2 aromatic carbocycles. The normalized spacial score (nSPS) is 13.1. The number of benzene rings is 2. The van der Waals surface area contributed by atoms with Crippen LogP contribution in [0.25, 0.3) is 0 Å². The standard InChI is InChI=1S/C20H27NO4S/c1-14(2)20(16-10-8-7-9-11-16)21(4)26(22,23)19-13-18(25-6)17(24-5)12-15(19)3/h7-14,20H,1-6H3. The van der Waals surface area contributed by atoms with E-state index in [1.54, 1.807) is 20.0 Å². The van der Waals surface area contributed by atoms with E-state index in [-0.39, 0.29) is 16.9 Å². The number of aryl methyl sites for hydroxylation is 1. The van der Waals surface area contributed by atoms with Crippen molar-refractivity contribution in [2.24, 2.45) is 5.92 Å². The van der Waals surface area contributed by atoms with Gasteiger partial charge >= 0.3 is 0 Å². The van der Waals surface area contributed by atoms with E-state index in [0.717, 1.165) is 5.56 Å². The Kier molecular flexibility index (Phi) is 6.31. The van der Waals surface area contributed by atoms with Crippen molar-refractivity contribution in [3.05, 3.63) is 53.6 Å². The van der Waals surface area contributed by atoms with E-state index in [4.69, 9.17) is 9.47 Å². The van der Waals surface area contributed by atoms with E-state index in [1.807, 2.05) is 44.2 Å². The summed E-state index contributed by atoms with van der Waals surface area (Å²) in [7, 11) is 0.930. The Labute approximate surface area is 156 Å². The maximum Gasteiger partial charge on any atom is 0.243 e. The minimum absolute atomic E-state index is 0.109. The fourth-order valence-electron chi connectivity index (χ4n) is 3.21. The molecule has 0 N–H and O–H groups in total. The average molecular weight is 378 g/mol. The zero-order valence-corrected chi connectivity index (χ0v) is 17.0. The molecule has 0 fully saturated rings. The summed E-state index contributed by atoms with van der Waals surface area (Å²) >= 11 is 0. The third-order valence-corrected chi connectivity index (χ3v) is 6.48. The van der Waals surface area contributed by atoms with E-state index in [9.17, 15) is 8.42 Å². The van der Waals surface area contributed by atoms with Gasteiger partial charge in [-0.25, -0.2) is 8.42 Å². The Morgan fingerprint density at radius 1 is 0.962 bits per heavy atom. The van der Waals surface area contributed by atoms with Crippen molar-refractivity contribution in [3.63, 3.8) is 0 Å². The van der Waals surface area contributed by atoms with E-state index < -0.39 is 10.0 Å². The first-order chi connectivity index (χ1) is 12.2. The highest BCUT2D eigenvalue weighted by Crippen LogP contribution is 2.37. The van der Waals surface area contributed by atoms with Crippen LogP contribution < -0.4 is 9.47 Å². The maximum atomic E-state index is 13.4. The van der Waals surface area contributed by atoms with Crippen LogP contribution in [0.2, 0.25) is 0 Å². The molecule has 0 aliphatic rings. The fraction of sp³-hybridized carbons (Fsp3) is 0.400. The summed E-state index contributed by atoms with van der Waals surface area (Å²) in [4.78, 5) is 0.222. The van der Waals surface area contributed by atoms with Gasteiger partial charge in [0.25, 0.3) is 0 Å². The van der Waals surface area contributed by atoms with Gasteiger partial charge in [0.15, 0.2) is 11.5 Å². The lowest BCUT2D eigenvalue weighted by atomic mass is 9.96. The molecule has 1 atom stereocenters. The van der Waals surface area contributed by atoms with Crippen LogP contribution in [0.1, 0.15) is 31.0 Å². The number of hydrogen-bond acceptors (Lipinski definition) is 4. The summed E-state index contributed by atoms with van der Waals surface area (Å²) in [6.07, 6.45) is 0. The van der Waals surface area contributed by atoms with Gasteiger partial charge in [-0.05, 0) is 30.0 Å². The summed E-state index contributed by atoms with van der Waals surface area (Å²) < 4.78 is 38.7. The van der Waals surface area contributed by atoms with Crippen LogP contribution in [0.4, 0.5) is 0 Å². The van der Waals surface area contributed by atoms with Crippen LogP contribution in [0.5, 0.6) is 11.5 Å². The van der Waals surface area contributed by atoms with E-state index in [0.29, 0.717) is 17.1 Å². The molecule has 0 spiro atoms. The molecular weight excluding hydrogens is 350 g/mol. The van der Waals surface area contributed by atoms with Crippen molar-refractivity contribution >= 4 is 10.0 Å². The highest BCUT2D eigenvalue weighted by molar-refractivity contribution is 7.89. The lowest BCUT2D eigenvalue weighted by Crippen LogP contribution is -2.34. The van der Waals surface area contributed by atoms with Gasteiger partial charge < -0.3 is 9.47 Å². The molecule has 142 valence electrons. The molecular formula is C20H27NO4S. The molecule has 0 radical (unpaired) electrons. The Balaban J connectivity index is 2.55. The van der Waals surface area contributed by atoms with Crippen LogP contribution in [-0.4, -0.2) is 34.0 Å². The first kappa shape index (κ1) is 20.3. The Bertz CT molecular complexity index is 848. The minimum atomic E-state index is -3.72. The highest BCUT2D eigenvalue weighted by Gasteiger charge is 2.32. The summed E-state index contributed by atoms with van der Waals surface area (Å²) in [5.74, 6) is 1.01. The minimum Gasteiger partial charge on any atom is -0.493 e. The van der Waals surface area contributed by atoms with Gasteiger partial charge in [0.2, 0.25) is 10.0 Å². The third-order valence-electron chi connectivity index (χ3n) is 4.50. The lowest BCUT2D eigenvalue weighted by Gasteiger charge is -2.31. The van der Waals surface area contributed by atoms with Crippen LogP contribution in [0.15, 0.2) is 47.4 Å². The molecule has 0 aliphatic carbocycles. The van der Waals surface area contributed by atoms with Gasteiger partial charge in [-0.1, -0.05) is 44.2 Å². The number of nitrogens with zero attached hydrogens (tertiary/aromatic N) is 1. The second-order valence-electron chi connectivity index (χ2n) is 6.59. The van der Waals surface area contributed by atoms with Gasteiger partial charge in [-0.15, -0.1) is 0 Å². The van der Waals surface area contributed by atoms with Crippen LogP contribution in [0.3, 0.4) is 0 Å². The lowest BCUT2D eigenvalue weighted by molar-refractivity contribution is 0.300. The van der Waals surface area contributed by atoms with E-state index in [1.165, 1.54) is 24.6 Å². The quantitative estimate of drug-likeness (QED) is 0.731. The molecule has 0 amide bonds. The van der Waals surface area contributed by atoms with Crippen molar-refractivity contribution in [3.8, 4) is 11.5 Å². The third kappa shape index (κ3) is 3.86. The molecule has 0 saturated carbocycles. The molecule has 6 heteroatoms. The van der Waals surface area contributed by atoms with Crippen molar-refractivity contribution in [1.29, 1.82) is 0 Å². The van der Waals surface area contributed by atoms with E-state index >= 15 is 0 Å². The molecule has 0 heterocycles. The maximum absolute atomic E-state index is 13.4. The Morgan fingerprint density at radius 2 is 1.50 bits per heavy atom. The molecule has 0 saturated heterocycles. The molecule has 1 unspecified atom stereocenters. The predicted molar refractivity (Wildman–Crippen MR) is 103 cm³/mol. The first-order valence-corrected chi connectivity index (χ1v) is 9.93. The Morgan fingerprint density at radius 3 is 2.00 bits per heavy atom. The summed E-state index contributed by atoms with van der Waals surface area (Å²) in [6, 6.07) is 12.6. The van der Waals surface area contributed by atoms with Gasteiger partial charge in [0.05, 0.1) is 25.2 Å². The van der Waals surface area contributed by atoms with Crippen LogP contribution in [-0.2, 0) is 10.0 Å². The summed E-state index contributed by atoms with van der Waals surface area (Å²) in [5, 5.41) is 0. The number of ether oxygens (including phenoxy) is 2. The Hall–Kier alpha value is -2.05. The predicted octanol–water partition coefficient (Wildman–Crippen LogP) is 4.03. The zero-order chi connectivity index (χ0) is 19.5. The summed E-state index contributed by atoms with van der Waals surface area (Å²) in [5.41, 5.74) is 1.58. The fourth-order valence-corrected chi connectivity index (χ4v) is 4.91. The zero-order valence-electron chi connectivity index (χ0n) is 16.2.